The van der Waals surface area contributed by atoms with Crippen molar-refractivity contribution in [2.75, 3.05) is 0 Å². The third-order valence-electron chi connectivity index (χ3n) is 10.2. The van der Waals surface area contributed by atoms with Crippen molar-refractivity contribution in [3.63, 3.8) is 0 Å². The quantitative estimate of drug-likeness (QED) is 0.192. The Kier molecular flexibility index (Phi) is 6.40. The lowest BCUT2D eigenvalue weighted by molar-refractivity contribution is 0.437. The normalized spacial score (nSPS) is 13.1. The molecule has 0 amide bonds. The van der Waals surface area contributed by atoms with Crippen LogP contribution >= 0.6 is 0 Å². The van der Waals surface area contributed by atoms with E-state index in [0.717, 1.165) is 61.8 Å². The molecule has 1 aliphatic heterocycles. The van der Waals surface area contributed by atoms with E-state index in [1.165, 1.54) is 22.3 Å². The zero-order valence-electron chi connectivity index (χ0n) is 27.1. The zero-order chi connectivity index (χ0) is 33.1. The van der Waals surface area contributed by atoms with Crippen molar-refractivity contribution in [2.45, 2.75) is 5.41 Å². The summed E-state index contributed by atoms with van der Waals surface area (Å²) in [6, 6.07) is 64.0. The average molecular weight is 639 g/mol. The fraction of sp³-hybridized carbons (Fsp3) is 0.0213. The predicted molar refractivity (Wildman–Crippen MR) is 201 cm³/mol. The average Bonchev–Trinajstić information content (AvgIpc) is 3.49. The molecule has 7 aromatic carbocycles. The molecule has 3 nitrogen and oxygen atoms in total. The molecule has 0 fully saturated rings. The topological polar surface area (TPSA) is 35.0 Å². The van der Waals surface area contributed by atoms with E-state index in [1.54, 1.807) is 0 Å². The number of ether oxygens (including phenoxy) is 1. The third kappa shape index (κ3) is 4.17. The number of aromatic nitrogens is 2. The molecule has 1 aromatic heterocycles. The first-order chi connectivity index (χ1) is 24.8. The van der Waals surface area contributed by atoms with Crippen molar-refractivity contribution >= 4 is 0 Å². The van der Waals surface area contributed by atoms with E-state index in [9.17, 15) is 0 Å². The fourth-order valence-electron chi connectivity index (χ4n) is 8.09. The number of nitrogens with zero attached hydrogens (tertiary/aromatic N) is 2. The first kappa shape index (κ1) is 28.4. The molecule has 0 saturated heterocycles. The second-order valence-electron chi connectivity index (χ2n) is 12.9. The van der Waals surface area contributed by atoms with E-state index in [1.807, 2.05) is 12.1 Å². The number of hydrogen-bond donors (Lipinski definition) is 0. The van der Waals surface area contributed by atoms with E-state index >= 15 is 0 Å². The van der Waals surface area contributed by atoms with Gasteiger partial charge in [-0.05, 0) is 51.6 Å². The molecule has 10 rings (SSSR count). The van der Waals surface area contributed by atoms with Crippen molar-refractivity contribution in [1.29, 1.82) is 0 Å². The van der Waals surface area contributed by atoms with Crippen LogP contribution in [0, 0.1) is 0 Å². The molecule has 0 N–H and O–H groups in total. The molecule has 50 heavy (non-hydrogen) atoms. The first-order valence-corrected chi connectivity index (χ1v) is 17.0. The van der Waals surface area contributed by atoms with Gasteiger partial charge >= 0.3 is 0 Å². The van der Waals surface area contributed by atoms with E-state index in [-0.39, 0.29) is 0 Å². The highest BCUT2D eigenvalue weighted by molar-refractivity contribution is 5.90. The lowest BCUT2D eigenvalue weighted by atomic mass is 9.66. The molecule has 0 bridgehead atoms. The number of hydrogen-bond acceptors (Lipinski definition) is 3. The SMILES string of the molecule is c1ccc(-c2cc(-c3ccccc3-c3ccccc3)nc(-c3cccc4c3Oc3ccccc3C43c4ccccc4-c4ccccc43)n2)cc1. The minimum atomic E-state index is -0.562. The van der Waals surface area contributed by atoms with E-state index in [4.69, 9.17) is 14.7 Å². The summed E-state index contributed by atoms with van der Waals surface area (Å²) < 4.78 is 6.98. The molecule has 3 heteroatoms. The summed E-state index contributed by atoms with van der Waals surface area (Å²) in [6.45, 7) is 0. The van der Waals surface area contributed by atoms with Crippen molar-refractivity contribution in [2.24, 2.45) is 0 Å². The molecule has 234 valence electrons. The summed E-state index contributed by atoms with van der Waals surface area (Å²) in [7, 11) is 0. The highest BCUT2D eigenvalue weighted by atomic mass is 16.5. The van der Waals surface area contributed by atoms with E-state index in [2.05, 4.69) is 170 Å². The maximum Gasteiger partial charge on any atom is 0.164 e. The monoisotopic (exact) mass is 638 g/mol. The first-order valence-electron chi connectivity index (χ1n) is 17.0. The summed E-state index contributed by atoms with van der Waals surface area (Å²) in [5, 5.41) is 0. The van der Waals surface area contributed by atoms with Crippen LogP contribution in [0.4, 0.5) is 0 Å². The van der Waals surface area contributed by atoms with Crippen LogP contribution in [0.2, 0.25) is 0 Å². The van der Waals surface area contributed by atoms with Crippen molar-refractivity contribution < 1.29 is 4.74 Å². The van der Waals surface area contributed by atoms with Crippen LogP contribution in [0.5, 0.6) is 11.5 Å². The summed E-state index contributed by atoms with van der Waals surface area (Å²) >= 11 is 0. The summed E-state index contributed by atoms with van der Waals surface area (Å²) in [5.74, 6) is 2.24. The largest absolute Gasteiger partial charge is 0.456 e. The van der Waals surface area contributed by atoms with Gasteiger partial charge in [-0.25, -0.2) is 9.97 Å². The van der Waals surface area contributed by atoms with Gasteiger partial charge in [-0.3, -0.25) is 0 Å². The number of fused-ring (bicyclic) bond motifs is 9. The van der Waals surface area contributed by atoms with Crippen molar-refractivity contribution in [3.8, 4) is 67.7 Å². The number of rotatable bonds is 4. The lowest BCUT2D eigenvalue weighted by Crippen LogP contribution is -2.32. The molecule has 0 unspecified atom stereocenters. The van der Waals surface area contributed by atoms with Crippen LogP contribution in [0.1, 0.15) is 22.3 Å². The summed E-state index contributed by atoms with van der Waals surface area (Å²) in [5.41, 5.74) is 13.6. The molecular formula is C47H30N2O. The van der Waals surface area contributed by atoms with Gasteiger partial charge in [0.05, 0.1) is 22.4 Å². The van der Waals surface area contributed by atoms with Gasteiger partial charge in [0, 0.05) is 22.3 Å². The Morgan fingerprint density at radius 3 is 1.56 bits per heavy atom. The molecule has 1 spiro atoms. The van der Waals surface area contributed by atoms with Crippen LogP contribution in [0.3, 0.4) is 0 Å². The van der Waals surface area contributed by atoms with Gasteiger partial charge in [0.15, 0.2) is 5.82 Å². The van der Waals surface area contributed by atoms with Gasteiger partial charge in [-0.2, -0.15) is 0 Å². The summed E-state index contributed by atoms with van der Waals surface area (Å²) in [4.78, 5) is 10.6. The van der Waals surface area contributed by atoms with E-state index < -0.39 is 5.41 Å². The fourth-order valence-corrected chi connectivity index (χ4v) is 8.09. The van der Waals surface area contributed by atoms with Gasteiger partial charge < -0.3 is 4.74 Å². The predicted octanol–water partition coefficient (Wildman–Crippen LogP) is 11.6. The Morgan fingerprint density at radius 2 is 0.860 bits per heavy atom. The van der Waals surface area contributed by atoms with Gasteiger partial charge in [-0.15, -0.1) is 0 Å². The van der Waals surface area contributed by atoms with Crippen LogP contribution < -0.4 is 4.74 Å². The van der Waals surface area contributed by atoms with Gasteiger partial charge in [0.2, 0.25) is 0 Å². The smallest absolute Gasteiger partial charge is 0.164 e. The van der Waals surface area contributed by atoms with Crippen LogP contribution in [0.25, 0.3) is 56.2 Å². The molecule has 0 radical (unpaired) electrons. The van der Waals surface area contributed by atoms with Gasteiger partial charge in [-0.1, -0.05) is 164 Å². The standard InChI is InChI=1S/C47H30N2O/c1-3-16-31(17-4-1)33-20-7-8-23-36(33)43-30-42(32-18-5-2-6-19-32)48-46(49-43)37-24-15-28-41-45(37)50-44-29-14-13-27-40(44)47(41)38-25-11-9-21-34(38)35-22-10-12-26-39(35)47/h1-30H. The zero-order valence-corrected chi connectivity index (χ0v) is 27.1. The number of benzene rings is 7. The molecular weight excluding hydrogens is 609 g/mol. The van der Waals surface area contributed by atoms with Crippen molar-refractivity contribution in [3.05, 3.63) is 204 Å². The maximum atomic E-state index is 6.98. The maximum absolute atomic E-state index is 6.98. The Labute approximate surface area is 291 Å². The third-order valence-corrected chi connectivity index (χ3v) is 10.2. The molecule has 8 aromatic rings. The highest BCUT2D eigenvalue weighted by Gasteiger charge is 2.51. The Bertz CT molecular complexity index is 2530. The van der Waals surface area contributed by atoms with Gasteiger partial charge in [0.1, 0.15) is 11.5 Å². The van der Waals surface area contributed by atoms with Crippen LogP contribution in [-0.2, 0) is 5.41 Å². The highest BCUT2D eigenvalue weighted by Crippen LogP contribution is 2.63. The lowest BCUT2D eigenvalue weighted by Gasteiger charge is -2.39. The molecule has 0 atom stereocenters. The second kappa shape index (κ2) is 11.3. The number of para-hydroxylation sites is 2. The Hall–Kier alpha value is -6.58. The molecule has 0 saturated carbocycles. The minimum Gasteiger partial charge on any atom is -0.456 e. The Balaban J connectivity index is 1.26. The molecule has 2 heterocycles. The molecule has 2 aliphatic rings. The Morgan fingerprint density at radius 1 is 0.360 bits per heavy atom. The van der Waals surface area contributed by atoms with Crippen LogP contribution in [-0.4, -0.2) is 9.97 Å². The van der Waals surface area contributed by atoms with E-state index in [0.29, 0.717) is 5.82 Å². The molecule has 1 aliphatic carbocycles. The van der Waals surface area contributed by atoms with Gasteiger partial charge in [0.25, 0.3) is 0 Å². The summed E-state index contributed by atoms with van der Waals surface area (Å²) in [6.07, 6.45) is 0. The minimum absolute atomic E-state index is 0.562. The van der Waals surface area contributed by atoms with Crippen LogP contribution in [0.15, 0.2) is 182 Å². The van der Waals surface area contributed by atoms with Crippen molar-refractivity contribution in [1.82, 2.24) is 9.97 Å². The second-order valence-corrected chi connectivity index (χ2v) is 12.9.